The number of carbonyl (C=O) groups excluding carboxylic acids is 1. The van der Waals surface area contributed by atoms with Crippen LogP contribution in [0.4, 0.5) is 0 Å². The SMILES string of the molecule is O=C(CCCc1cn[nH]c1)N1CC[C@H](O)[C@](CO)(Cc2ccccc2)C1. The van der Waals surface area contributed by atoms with Crippen LogP contribution in [0.3, 0.4) is 0 Å². The van der Waals surface area contributed by atoms with Gasteiger partial charge in [-0.3, -0.25) is 9.89 Å². The third-order valence-electron chi connectivity index (χ3n) is 5.36. The molecule has 0 saturated carbocycles. The smallest absolute Gasteiger partial charge is 0.222 e. The van der Waals surface area contributed by atoms with Crippen LogP contribution in [0.25, 0.3) is 0 Å². The summed E-state index contributed by atoms with van der Waals surface area (Å²) in [6.07, 6.45) is 6.12. The van der Waals surface area contributed by atoms with Crippen molar-refractivity contribution in [1.29, 1.82) is 0 Å². The zero-order valence-corrected chi connectivity index (χ0v) is 15.0. The molecular formula is C20H27N3O3. The van der Waals surface area contributed by atoms with Crippen LogP contribution in [0.1, 0.15) is 30.4 Å². The molecule has 0 unspecified atom stereocenters. The van der Waals surface area contributed by atoms with Crippen molar-refractivity contribution in [2.75, 3.05) is 19.7 Å². The Balaban J connectivity index is 1.61. The molecular weight excluding hydrogens is 330 g/mol. The van der Waals surface area contributed by atoms with Gasteiger partial charge in [-0.25, -0.2) is 0 Å². The van der Waals surface area contributed by atoms with E-state index in [1.54, 1.807) is 11.1 Å². The highest BCUT2D eigenvalue weighted by molar-refractivity contribution is 5.76. The normalized spacial score (nSPS) is 23.2. The number of carbonyl (C=O) groups is 1. The van der Waals surface area contributed by atoms with Gasteiger partial charge in [-0.2, -0.15) is 5.10 Å². The number of nitrogens with one attached hydrogen (secondary N) is 1. The maximum Gasteiger partial charge on any atom is 0.222 e. The standard InChI is InChI=1S/C20H27N3O3/c24-15-20(11-16-5-2-1-3-6-16)14-23(10-9-18(20)25)19(26)8-4-7-17-12-21-22-13-17/h1-3,5-6,12-13,18,24-25H,4,7-11,14-15H2,(H,21,22)/t18-,20+/m0/s1. The summed E-state index contributed by atoms with van der Waals surface area (Å²) in [4.78, 5) is 14.4. The van der Waals surface area contributed by atoms with Gasteiger partial charge < -0.3 is 15.1 Å². The van der Waals surface area contributed by atoms with Gasteiger partial charge in [0.25, 0.3) is 0 Å². The van der Waals surface area contributed by atoms with E-state index in [9.17, 15) is 15.0 Å². The van der Waals surface area contributed by atoms with Crippen molar-refractivity contribution in [2.45, 2.75) is 38.2 Å². The molecule has 1 amide bonds. The summed E-state index contributed by atoms with van der Waals surface area (Å²) in [5.74, 6) is 0.0891. The number of benzene rings is 1. The summed E-state index contributed by atoms with van der Waals surface area (Å²) in [5, 5.41) is 27.3. The lowest BCUT2D eigenvalue weighted by Crippen LogP contribution is -2.56. The molecule has 3 rings (SSSR count). The Bertz CT molecular complexity index is 690. The number of aromatic amines is 1. The first-order valence-electron chi connectivity index (χ1n) is 9.21. The van der Waals surface area contributed by atoms with E-state index in [2.05, 4.69) is 10.2 Å². The minimum absolute atomic E-state index is 0.0891. The Hall–Kier alpha value is -2.18. The van der Waals surface area contributed by atoms with Crippen molar-refractivity contribution in [3.05, 3.63) is 53.9 Å². The number of rotatable bonds is 7. The van der Waals surface area contributed by atoms with E-state index < -0.39 is 11.5 Å². The lowest BCUT2D eigenvalue weighted by atomic mass is 9.73. The number of aliphatic hydroxyl groups excluding tert-OH is 2. The van der Waals surface area contributed by atoms with Gasteiger partial charge in [-0.15, -0.1) is 0 Å². The van der Waals surface area contributed by atoms with Gasteiger partial charge in [-0.1, -0.05) is 30.3 Å². The van der Waals surface area contributed by atoms with E-state index in [0.717, 1.165) is 24.0 Å². The van der Waals surface area contributed by atoms with Crippen LogP contribution in [0.5, 0.6) is 0 Å². The van der Waals surface area contributed by atoms with Crippen molar-refractivity contribution in [3.8, 4) is 0 Å². The number of aliphatic hydroxyl groups is 2. The molecule has 140 valence electrons. The Labute approximate surface area is 153 Å². The first kappa shape index (κ1) is 18.6. The molecule has 2 heterocycles. The second-order valence-electron chi connectivity index (χ2n) is 7.26. The van der Waals surface area contributed by atoms with Crippen molar-refractivity contribution in [1.82, 2.24) is 15.1 Å². The molecule has 1 aliphatic rings. The van der Waals surface area contributed by atoms with Gasteiger partial charge in [-0.05, 0) is 36.8 Å². The molecule has 6 heteroatoms. The van der Waals surface area contributed by atoms with Gasteiger partial charge in [0, 0.05) is 31.1 Å². The van der Waals surface area contributed by atoms with Gasteiger partial charge in [0.2, 0.25) is 5.91 Å². The Morgan fingerprint density at radius 2 is 2.12 bits per heavy atom. The number of nitrogens with zero attached hydrogens (tertiary/aromatic N) is 2. The Morgan fingerprint density at radius 1 is 1.31 bits per heavy atom. The summed E-state index contributed by atoms with van der Waals surface area (Å²) in [6, 6.07) is 9.84. The van der Waals surface area contributed by atoms with Crippen molar-refractivity contribution >= 4 is 5.91 Å². The Morgan fingerprint density at radius 3 is 2.81 bits per heavy atom. The maximum atomic E-state index is 12.6. The third kappa shape index (κ3) is 4.31. The molecule has 1 aliphatic heterocycles. The minimum Gasteiger partial charge on any atom is -0.396 e. The number of amides is 1. The molecule has 0 radical (unpaired) electrons. The summed E-state index contributed by atoms with van der Waals surface area (Å²) in [7, 11) is 0. The quantitative estimate of drug-likeness (QED) is 0.701. The monoisotopic (exact) mass is 357 g/mol. The number of hydrogen-bond acceptors (Lipinski definition) is 4. The second-order valence-corrected chi connectivity index (χ2v) is 7.26. The first-order valence-corrected chi connectivity index (χ1v) is 9.21. The van der Waals surface area contributed by atoms with Crippen LogP contribution in [0.2, 0.25) is 0 Å². The highest BCUT2D eigenvalue weighted by Crippen LogP contribution is 2.34. The summed E-state index contributed by atoms with van der Waals surface area (Å²) >= 11 is 0. The van der Waals surface area contributed by atoms with E-state index in [0.29, 0.717) is 32.4 Å². The molecule has 1 aromatic carbocycles. The van der Waals surface area contributed by atoms with E-state index in [-0.39, 0.29) is 12.5 Å². The van der Waals surface area contributed by atoms with Gasteiger partial charge in [0.15, 0.2) is 0 Å². The topological polar surface area (TPSA) is 89.5 Å². The number of likely N-dealkylation sites (tertiary alicyclic amines) is 1. The average molecular weight is 357 g/mol. The highest BCUT2D eigenvalue weighted by Gasteiger charge is 2.43. The van der Waals surface area contributed by atoms with Crippen LogP contribution >= 0.6 is 0 Å². The summed E-state index contributed by atoms with van der Waals surface area (Å²) in [6.45, 7) is 0.800. The van der Waals surface area contributed by atoms with E-state index in [1.165, 1.54) is 0 Å². The lowest BCUT2D eigenvalue weighted by molar-refractivity contribution is -0.142. The van der Waals surface area contributed by atoms with Crippen LogP contribution in [-0.2, 0) is 17.6 Å². The largest absolute Gasteiger partial charge is 0.396 e. The molecule has 1 fully saturated rings. The predicted molar refractivity (Wildman–Crippen MR) is 98.4 cm³/mol. The summed E-state index contributed by atoms with van der Waals surface area (Å²) in [5.41, 5.74) is 1.47. The van der Waals surface area contributed by atoms with Crippen LogP contribution in [-0.4, -0.2) is 57.0 Å². The Kier molecular flexibility index (Phi) is 6.06. The fraction of sp³-hybridized carbons (Fsp3) is 0.500. The predicted octanol–water partition coefficient (Wildman–Crippen LogP) is 1.55. The van der Waals surface area contributed by atoms with Crippen LogP contribution in [0, 0.1) is 5.41 Å². The number of hydrogen-bond donors (Lipinski definition) is 3. The fourth-order valence-electron chi connectivity index (χ4n) is 3.77. The molecule has 0 aliphatic carbocycles. The number of piperidine rings is 1. The van der Waals surface area contributed by atoms with Crippen molar-refractivity contribution in [2.24, 2.45) is 5.41 Å². The zero-order chi connectivity index (χ0) is 18.4. The van der Waals surface area contributed by atoms with E-state index in [1.807, 2.05) is 36.5 Å². The van der Waals surface area contributed by atoms with Gasteiger partial charge in [0.1, 0.15) is 0 Å². The number of aromatic nitrogens is 2. The number of H-pyrrole nitrogens is 1. The third-order valence-corrected chi connectivity index (χ3v) is 5.36. The molecule has 3 N–H and O–H groups in total. The molecule has 0 spiro atoms. The molecule has 1 saturated heterocycles. The number of aryl methyl sites for hydroxylation is 1. The average Bonchev–Trinajstić information content (AvgIpc) is 3.18. The van der Waals surface area contributed by atoms with Gasteiger partial charge in [0.05, 0.1) is 18.9 Å². The molecule has 2 atom stereocenters. The molecule has 1 aromatic heterocycles. The van der Waals surface area contributed by atoms with Gasteiger partial charge >= 0.3 is 0 Å². The zero-order valence-electron chi connectivity index (χ0n) is 15.0. The molecule has 0 bridgehead atoms. The molecule has 6 nitrogen and oxygen atoms in total. The van der Waals surface area contributed by atoms with Crippen molar-refractivity contribution < 1.29 is 15.0 Å². The second kappa shape index (κ2) is 8.47. The summed E-state index contributed by atoms with van der Waals surface area (Å²) < 4.78 is 0. The lowest BCUT2D eigenvalue weighted by Gasteiger charge is -2.45. The first-order chi connectivity index (χ1) is 12.6. The highest BCUT2D eigenvalue weighted by atomic mass is 16.3. The minimum atomic E-state index is -0.695. The van der Waals surface area contributed by atoms with E-state index >= 15 is 0 Å². The van der Waals surface area contributed by atoms with Crippen LogP contribution in [0.15, 0.2) is 42.7 Å². The van der Waals surface area contributed by atoms with Crippen LogP contribution < -0.4 is 0 Å². The van der Waals surface area contributed by atoms with Crippen molar-refractivity contribution in [3.63, 3.8) is 0 Å². The molecule has 26 heavy (non-hydrogen) atoms. The van der Waals surface area contributed by atoms with E-state index in [4.69, 9.17) is 0 Å². The molecule has 2 aromatic rings. The fourth-order valence-corrected chi connectivity index (χ4v) is 3.77. The maximum absolute atomic E-state index is 12.6.